The van der Waals surface area contributed by atoms with Crippen LogP contribution < -0.4 is 4.74 Å². The number of benzene rings is 2. The van der Waals surface area contributed by atoms with E-state index in [4.69, 9.17) is 27.9 Å². The Morgan fingerprint density at radius 2 is 1.78 bits per heavy atom. The first kappa shape index (κ1) is 12.7. The van der Waals surface area contributed by atoms with Crippen LogP contribution in [0.2, 0.25) is 10.0 Å². The molecular formula is C13H7Cl2NO2. The molecule has 2 aromatic carbocycles. The highest BCUT2D eigenvalue weighted by Crippen LogP contribution is 2.32. The summed E-state index contributed by atoms with van der Waals surface area (Å²) in [6, 6.07) is 11.6. The molecule has 18 heavy (non-hydrogen) atoms. The van der Waals surface area contributed by atoms with Gasteiger partial charge in [-0.3, -0.25) is 0 Å². The molecule has 0 aliphatic rings. The number of ether oxygens (including phenoxy) is 1. The van der Waals surface area contributed by atoms with Gasteiger partial charge >= 0.3 is 0 Å². The lowest BCUT2D eigenvalue weighted by Gasteiger charge is -2.07. The molecule has 0 N–H and O–H groups in total. The monoisotopic (exact) mass is 279 g/mol. The number of rotatable bonds is 3. The lowest BCUT2D eigenvalue weighted by Crippen LogP contribution is -1.84. The van der Waals surface area contributed by atoms with Gasteiger partial charge in [0.05, 0.1) is 10.7 Å². The van der Waals surface area contributed by atoms with E-state index in [1.165, 1.54) is 6.08 Å². The van der Waals surface area contributed by atoms with Crippen LogP contribution in [0.15, 0.2) is 47.5 Å². The molecule has 0 aliphatic heterocycles. The van der Waals surface area contributed by atoms with Crippen LogP contribution in [0.3, 0.4) is 0 Å². The Labute approximate surface area is 114 Å². The van der Waals surface area contributed by atoms with Crippen LogP contribution in [-0.4, -0.2) is 6.08 Å². The van der Waals surface area contributed by atoms with Crippen molar-refractivity contribution in [3.8, 4) is 11.5 Å². The van der Waals surface area contributed by atoms with Crippen molar-refractivity contribution in [3.05, 3.63) is 52.5 Å². The zero-order chi connectivity index (χ0) is 13.0. The van der Waals surface area contributed by atoms with Gasteiger partial charge in [-0.25, -0.2) is 4.79 Å². The van der Waals surface area contributed by atoms with E-state index in [2.05, 4.69) is 4.99 Å². The van der Waals surface area contributed by atoms with Gasteiger partial charge in [-0.05, 0) is 42.5 Å². The first-order valence-electron chi connectivity index (χ1n) is 5.00. The van der Waals surface area contributed by atoms with Crippen molar-refractivity contribution in [2.24, 2.45) is 4.99 Å². The van der Waals surface area contributed by atoms with Crippen molar-refractivity contribution in [2.75, 3.05) is 0 Å². The van der Waals surface area contributed by atoms with Crippen LogP contribution in [0.25, 0.3) is 0 Å². The first-order chi connectivity index (χ1) is 8.69. The van der Waals surface area contributed by atoms with Crippen LogP contribution in [0.1, 0.15) is 0 Å². The van der Waals surface area contributed by atoms with Crippen molar-refractivity contribution in [1.29, 1.82) is 0 Å². The summed E-state index contributed by atoms with van der Waals surface area (Å²) in [5, 5.41) is 0.973. The maximum atomic E-state index is 10.1. The Bertz CT molecular complexity index is 605. The van der Waals surface area contributed by atoms with E-state index < -0.39 is 0 Å². The lowest BCUT2D eigenvalue weighted by molar-refractivity contribution is 0.483. The van der Waals surface area contributed by atoms with Gasteiger partial charge in [0, 0.05) is 5.02 Å². The van der Waals surface area contributed by atoms with Crippen LogP contribution in [0, 0.1) is 0 Å². The van der Waals surface area contributed by atoms with Gasteiger partial charge in [0.2, 0.25) is 6.08 Å². The smallest absolute Gasteiger partial charge is 0.240 e. The third-order valence-corrected chi connectivity index (χ3v) is 2.66. The second kappa shape index (κ2) is 5.69. The molecule has 5 heteroatoms. The molecule has 0 atom stereocenters. The van der Waals surface area contributed by atoms with E-state index in [1.54, 1.807) is 42.5 Å². The quantitative estimate of drug-likeness (QED) is 0.601. The maximum absolute atomic E-state index is 10.1. The van der Waals surface area contributed by atoms with Crippen molar-refractivity contribution in [1.82, 2.24) is 0 Å². The Balaban J connectivity index is 2.20. The van der Waals surface area contributed by atoms with Crippen LogP contribution in [0.5, 0.6) is 11.5 Å². The van der Waals surface area contributed by atoms with Crippen molar-refractivity contribution >= 4 is 35.0 Å². The highest BCUT2D eigenvalue weighted by molar-refractivity contribution is 6.35. The fourth-order valence-corrected chi connectivity index (χ4v) is 1.77. The summed E-state index contributed by atoms with van der Waals surface area (Å²) in [6.45, 7) is 0. The van der Waals surface area contributed by atoms with E-state index >= 15 is 0 Å². The maximum Gasteiger partial charge on any atom is 0.240 e. The summed E-state index contributed by atoms with van der Waals surface area (Å²) in [4.78, 5) is 13.6. The number of halogens is 2. The van der Waals surface area contributed by atoms with Gasteiger partial charge in [0.1, 0.15) is 11.5 Å². The second-order valence-corrected chi connectivity index (χ2v) is 4.22. The van der Waals surface area contributed by atoms with E-state index in [0.717, 1.165) is 0 Å². The van der Waals surface area contributed by atoms with Gasteiger partial charge < -0.3 is 4.74 Å². The molecule has 0 saturated carbocycles. The molecule has 2 aromatic rings. The summed E-state index contributed by atoms with van der Waals surface area (Å²) >= 11 is 11.8. The summed E-state index contributed by atoms with van der Waals surface area (Å²) in [5.74, 6) is 1.09. The van der Waals surface area contributed by atoms with Gasteiger partial charge in [0.25, 0.3) is 0 Å². The van der Waals surface area contributed by atoms with Crippen molar-refractivity contribution < 1.29 is 9.53 Å². The molecule has 0 bridgehead atoms. The molecule has 0 aromatic heterocycles. The molecule has 2 rings (SSSR count). The van der Waals surface area contributed by atoms with Gasteiger partial charge in [-0.1, -0.05) is 23.2 Å². The van der Waals surface area contributed by atoms with Crippen LogP contribution in [0.4, 0.5) is 5.69 Å². The number of nitrogens with zero attached hydrogens (tertiary/aromatic N) is 1. The fourth-order valence-electron chi connectivity index (χ4n) is 1.33. The number of hydrogen-bond donors (Lipinski definition) is 0. The zero-order valence-electron chi connectivity index (χ0n) is 9.06. The predicted molar refractivity (Wildman–Crippen MR) is 70.8 cm³/mol. The lowest BCUT2D eigenvalue weighted by atomic mass is 10.3. The summed E-state index contributed by atoms with van der Waals surface area (Å²) in [7, 11) is 0. The Morgan fingerprint density at radius 1 is 1.06 bits per heavy atom. The fraction of sp³-hybridized carbons (Fsp3) is 0. The molecule has 0 unspecified atom stereocenters. The molecule has 0 fully saturated rings. The van der Waals surface area contributed by atoms with Gasteiger partial charge in [-0.15, -0.1) is 0 Å². The van der Waals surface area contributed by atoms with Gasteiger partial charge in [0.15, 0.2) is 0 Å². The molecule has 0 radical (unpaired) electrons. The predicted octanol–water partition coefficient (Wildman–Crippen LogP) is 4.75. The molecule has 0 amide bonds. The molecular weight excluding hydrogens is 273 g/mol. The molecule has 0 saturated heterocycles. The minimum atomic E-state index is 0.428. The topological polar surface area (TPSA) is 38.7 Å². The van der Waals surface area contributed by atoms with E-state index in [-0.39, 0.29) is 0 Å². The second-order valence-electron chi connectivity index (χ2n) is 3.37. The van der Waals surface area contributed by atoms with E-state index in [9.17, 15) is 4.79 Å². The van der Waals surface area contributed by atoms with Crippen molar-refractivity contribution in [2.45, 2.75) is 0 Å². The van der Waals surface area contributed by atoms with Crippen LogP contribution in [-0.2, 0) is 4.79 Å². The zero-order valence-corrected chi connectivity index (χ0v) is 10.6. The Hall–Kier alpha value is -1.80. The average Bonchev–Trinajstić information content (AvgIpc) is 2.35. The third-order valence-electron chi connectivity index (χ3n) is 2.13. The standard InChI is InChI=1S/C13H7Cl2NO2/c14-9-1-6-13(12(15)7-9)18-11-4-2-10(3-5-11)16-8-17/h1-7H. The Morgan fingerprint density at radius 3 is 2.39 bits per heavy atom. The number of hydrogen-bond acceptors (Lipinski definition) is 3. The highest BCUT2D eigenvalue weighted by atomic mass is 35.5. The van der Waals surface area contributed by atoms with E-state index in [1.807, 2.05) is 0 Å². The molecule has 0 spiro atoms. The number of carbonyl (C=O) groups excluding carboxylic acids is 1. The molecule has 0 heterocycles. The third kappa shape index (κ3) is 3.11. The summed E-state index contributed by atoms with van der Waals surface area (Å²) in [5.41, 5.74) is 0.513. The highest BCUT2D eigenvalue weighted by Gasteiger charge is 2.03. The Kier molecular flexibility index (Phi) is 4.00. The average molecular weight is 280 g/mol. The molecule has 90 valence electrons. The van der Waals surface area contributed by atoms with E-state index in [0.29, 0.717) is 27.2 Å². The normalized spacial score (nSPS) is 9.67. The summed E-state index contributed by atoms with van der Waals surface area (Å²) in [6.07, 6.45) is 1.47. The number of aliphatic imine (C=N–C) groups is 1. The first-order valence-corrected chi connectivity index (χ1v) is 5.75. The minimum Gasteiger partial charge on any atom is -0.456 e. The van der Waals surface area contributed by atoms with Crippen LogP contribution >= 0.6 is 23.2 Å². The number of isocyanates is 1. The van der Waals surface area contributed by atoms with Crippen molar-refractivity contribution in [3.63, 3.8) is 0 Å². The minimum absolute atomic E-state index is 0.428. The van der Waals surface area contributed by atoms with Gasteiger partial charge in [-0.2, -0.15) is 4.99 Å². The summed E-state index contributed by atoms with van der Waals surface area (Å²) < 4.78 is 5.57. The molecule has 3 nitrogen and oxygen atoms in total. The largest absolute Gasteiger partial charge is 0.456 e. The SMILES string of the molecule is O=C=Nc1ccc(Oc2ccc(Cl)cc2Cl)cc1. The molecule has 0 aliphatic carbocycles.